The van der Waals surface area contributed by atoms with Crippen molar-refractivity contribution < 1.29 is 4.39 Å². The number of pyridine rings is 1. The molecule has 0 fully saturated rings. The molecule has 0 saturated carbocycles. The molecule has 0 atom stereocenters. The van der Waals surface area contributed by atoms with Gasteiger partial charge in [-0.2, -0.15) is 5.26 Å². The summed E-state index contributed by atoms with van der Waals surface area (Å²) in [4.78, 5) is 8.50. The number of nitrogens with zero attached hydrogens (tertiary/aromatic N) is 4. The van der Waals surface area contributed by atoms with Gasteiger partial charge in [0.15, 0.2) is 0 Å². The Morgan fingerprint density at radius 2 is 2.19 bits per heavy atom. The molecule has 0 aliphatic rings. The number of rotatable bonds is 3. The third-order valence-corrected chi connectivity index (χ3v) is 3.38. The molecule has 4 nitrogen and oxygen atoms in total. The minimum absolute atomic E-state index is 0.00978. The van der Waals surface area contributed by atoms with Crippen molar-refractivity contribution in [1.82, 2.24) is 14.5 Å². The van der Waals surface area contributed by atoms with E-state index in [9.17, 15) is 9.65 Å². The largest absolute Gasteiger partial charge is 0.295 e. The topological polar surface area (TPSA) is 54.5 Å². The van der Waals surface area contributed by atoms with Crippen molar-refractivity contribution in [3.63, 3.8) is 0 Å². The Balaban J connectivity index is 2.36. The molecule has 0 radical (unpaired) electrons. The number of benzene rings is 1. The van der Waals surface area contributed by atoms with Gasteiger partial charge in [-0.3, -0.25) is 9.55 Å². The molecule has 21 heavy (non-hydrogen) atoms. The lowest BCUT2D eigenvalue weighted by Gasteiger charge is -2.10. The van der Waals surface area contributed by atoms with Gasteiger partial charge in [-0.25, -0.2) is 9.37 Å². The highest BCUT2D eigenvalue weighted by Crippen LogP contribution is 2.25. The van der Waals surface area contributed by atoms with E-state index in [0.29, 0.717) is 29.3 Å². The Labute approximate surface area is 125 Å². The Kier molecular flexibility index (Phi) is 3.55. The molecular formula is C15H10ClFN4. The number of imidazole rings is 1. The van der Waals surface area contributed by atoms with E-state index < -0.39 is 5.82 Å². The van der Waals surface area contributed by atoms with E-state index >= 15 is 0 Å². The number of hydrogen-bond donors (Lipinski definition) is 0. The molecule has 2 heterocycles. The lowest BCUT2D eigenvalue weighted by Crippen LogP contribution is -2.05. The number of halogens is 2. The third kappa shape index (κ3) is 2.24. The highest BCUT2D eigenvalue weighted by Gasteiger charge is 2.16. The summed E-state index contributed by atoms with van der Waals surface area (Å²) in [6.45, 7) is 0. The van der Waals surface area contributed by atoms with Crippen LogP contribution in [0.2, 0.25) is 0 Å². The van der Waals surface area contributed by atoms with E-state index in [0.717, 1.165) is 5.52 Å². The summed E-state index contributed by atoms with van der Waals surface area (Å²) in [5.74, 6) is 0.506. The molecule has 0 unspecified atom stereocenters. The van der Waals surface area contributed by atoms with Crippen LogP contribution < -0.4 is 0 Å². The van der Waals surface area contributed by atoms with Crippen LogP contribution in [0.4, 0.5) is 4.39 Å². The van der Waals surface area contributed by atoms with Crippen LogP contribution in [0.1, 0.15) is 11.4 Å². The van der Waals surface area contributed by atoms with Crippen LogP contribution in [0.3, 0.4) is 0 Å². The van der Waals surface area contributed by atoms with E-state index in [1.807, 2.05) is 6.07 Å². The lowest BCUT2D eigenvalue weighted by molar-refractivity contribution is 0.622. The summed E-state index contributed by atoms with van der Waals surface area (Å²) in [5.41, 5.74) is 1.91. The van der Waals surface area contributed by atoms with Crippen molar-refractivity contribution >= 4 is 22.6 Å². The van der Waals surface area contributed by atoms with Crippen molar-refractivity contribution in [2.45, 2.75) is 6.42 Å². The molecule has 104 valence electrons. The van der Waals surface area contributed by atoms with E-state index in [-0.39, 0.29) is 5.56 Å². The normalized spacial score (nSPS) is 10.7. The first kappa shape index (κ1) is 13.5. The Morgan fingerprint density at radius 1 is 1.33 bits per heavy atom. The summed E-state index contributed by atoms with van der Waals surface area (Å²) < 4.78 is 15.6. The maximum Gasteiger partial charge on any atom is 0.143 e. The van der Waals surface area contributed by atoms with Crippen LogP contribution in [0.25, 0.3) is 16.7 Å². The van der Waals surface area contributed by atoms with Crippen LogP contribution in [0.5, 0.6) is 0 Å². The second-order valence-corrected chi connectivity index (χ2v) is 4.79. The summed E-state index contributed by atoms with van der Waals surface area (Å²) in [7, 11) is 0. The smallest absolute Gasteiger partial charge is 0.143 e. The van der Waals surface area contributed by atoms with Gasteiger partial charge in [0.1, 0.15) is 28.8 Å². The minimum atomic E-state index is -0.553. The molecule has 6 heteroatoms. The monoisotopic (exact) mass is 300 g/mol. The molecule has 3 rings (SSSR count). The Hall–Kier alpha value is -2.45. The van der Waals surface area contributed by atoms with Gasteiger partial charge in [-0.15, -0.1) is 11.6 Å². The number of hydrogen-bond acceptors (Lipinski definition) is 3. The molecule has 1 aromatic carbocycles. The van der Waals surface area contributed by atoms with Crippen LogP contribution in [-0.2, 0) is 6.42 Å². The van der Waals surface area contributed by atoms with Gasteiger partial charge in [0.2, 0.25) is 0 Å². The number of fused-ring (bicyclic) bond motifs is 1. The summed E-state index contributed by atoms with van der Waals surface area (Å²) in [6, 6.07) is 8.23. The van der Waals surface area contributed by atoms with Gasteiger partial charge in [0.05, 0.1) is 17.4 Å². The average Bonchev–Trinajstić information content (AvgIpc) is 2.85. The predicted molar refractivity (Wildman–Crippen MR) is 78.0 cm³/mol. The minimum Gasteiger partial charge on any atom is -0.295 e. The van der Waals surface area contributed by atoms with E-state index in [2.05, 4.69) is 9.97 Å². The van der Waals surface area contributed by atoms with E-state index in [1.54, 1.807) is 35.2 Å². The molecule has 0 N–H and O–H groups in total. The maximum atomic E-state index is 13.9. The number of aryl methyl sites for hydroxylation is 1. The summed E-state index contributed by atoms with van der Waals surface area (Å²) in [6.07, 6.45) is 3.78. The van der Waals surface area contributed by atoms with Gasteiger partial charge in [-0.05, 0) is 18.2 Å². The first-order valence-electron chi connectivity index (χ1n) is 6.32. The highest BCUT2D eigenvalue weighted by molar-refractivity contribution is 6.17. The molecule has 3 aromatic rings. The fraction of sp³-hybridized carbons (Fsp3) is 0.133. The van der Waals surface area contributed by atoms with Crippen molar-refractivity contribution in [2.75, 3.05) is 5.88 Å². The van der Waals surface area contributed by atoms with Crippen LogP contribution in [-0.4, -0.2) is 20.4 Å². The van der Waals surface area contributed by atoms with Gasteiger partial charge < -0.3 is 0 Å². The average molecular weight is 301 g/mol. The second-order valence-electron chi connectivity index (χ2n) is 4.41. The summed E-state index contributed by atoms with van der Waals surface area (Å²) in [5, 5.41) is 9.23. The van der Waals surface area contributed by atoms with Crippen molar-refractivity contribution in [3.05, 3.63) is 53.9 Å². The van der Waals surface area contributed by atoms with Crippen molar-refractivity contribution in [1.29, 1.82) is 5.26 Å². The molecule has 0 aliphatic heterocycles. The van der Waals surface area contributed by atoms with Crippen LogP contribution >= 0.6 is 11.6 Å². The Morgan fingerprint density at radius 3 is 2.95 bits per heavy atom. The van der Waals surface area contributed by atoms with Crippen molar-refractivity contribution in [2.24, 2.45) is 0 Å². The second kappa shape index (κ2) is 5.51. The zero-order valence-corrected chi connectivity index (χ0v) is 11.7. The molecule has 0 bridgehead atoms. The van der Waals surface area contributed by atoms with Gasteiger partial charge in [-0.1, -0.05) is 6.07 Å². The third-order valence-electron chi connectivity index (χ3n) is 3.19. The SMILES string of the molecule is N#Cc1c(F)cccc1-n1c(CCCl)nc2cnccc21. The maximum absolute atomic E-state index is 13.9. The number of aromatic nitrogens is 3. The lowest BCUT2D eigenvalue weighted by atomic mass is 10.1. The van der Waals surface area contributed by atoms with Crippen LogP contribution in [0.15, 0.2) is 36.7 Å². The zero-order chi connectivity index (χ0) is 14.8. The first-order chi connectivity index (χ1) is 10.3. The molecule has 0 aliphatic carbocycles. The number of alkyl halides is 1. The quantitative estimate of drug-likeness (QED) is 0.698. The van der Waals surface area contributed by atoms with Gasteiger partial charge in [0, 0.05) is 18.5 Å². The molecule has 0 spiro atoms. The molecule has 0 saturated heterocycles. The number of nitriles is 1. The van der Waals surface area contributed by atoms with Crippen LogP contribution in [0, 0.1) is 17.1 Å². The fourth-order valence-corrected chi connectivity index (χ4v) is 2.48. The molecule has 0 amide bonds. The zero-order valence-electron chi connectivity index (χ0n) is 10.9. The summed E-state index contributed by atoms with van der Waals surface area (Å²) >= 11 is 5.82. The van der Waals surface area contributed by atoms with Crippen molar-refractivity contribution in [3.8, 4) is 11.8 Å². The standard InChI is InChI=1S/C15H10ClFN4/c16-6-4-15-20-12-9-19-7-5-14(12)21(15)13-3-1-2-11(17)10(13)8-18/h1-3,5,7,9H,4,6H2. The van der Waals surface area contributed by atoms with E-state index in [4.69, 9.17) is 11.6 Å². The first-order valence-corrected chi connectivity index (χ1v) is 6.86. The molecule has 2 aromatic heterocycles. The Bertz CT molecular complexity index is 850. The van der Waals surface area contributed by atoms with E-state index in [1.165, 1.54) is 6.07 Å². The highest BCUT2D eigenvalue weighted by atomic mass is 35.5. The molecular weight excluding hydrogens is 291 g/mol. The fourth-order valence-electron chi connectivity index (χ4n) is 2.31. The van der Waals surface area contributed by atoms with Gasteiger partial charge in [0.25, 0.3) is 0 Å². The predicted octanol–water partition coefficient (Wildman–Crippen LogP) is 3.21. The van der Waals surface area contributed by atoms with Gasteiger partial charge >= 0.3 is 0 Å².